The van der Waals surface area contributed by atoms with Gasteiger partial charge in [0.2, 0.25) is 0 Å². The van der Waals surface area contributed by atoms with Gasteiger partial charge >= 0.3 is 0 Å². The van der Waals surface area contributed by atoms with Crippen LogP contribution in [0.2, 0.25) is 0 Å². The lowest BCUT2D eigenvalue weighted by Crippen LogP contribution is -2.58. The summed E-state index contributed by atoms with van der Waals surface area (Å²) in [5.41, 5.74) is 6.67. The molecule has 9 saturated carbocycles. The highest BCUT2D eigenvalue weighted by Gasteiger charge is 2.66. The van der Waals surface area contributed by atoms with Crippen molar-refractivity contribution in [3.63, 3.8) is 0 Å². The molecular formula is C96H168O6. The molecule has 15 unspecified atom stereocenters. The molecule has 12 aliphatic carbocycles. The molecule has 0 heterocycles. The van der Waals surface area contributed by atoms with E-state index >= 15 is 0 Å². The molecule has 0 spiro atoms. The maximum Gasteiger partial charge on any atom is 0.0952 e. The number of fused-ring (bicyclic) bond motifs is 15. The summed E-state index contributed by atoms with van der Waals surface area (Å²) >= 11 is 0. The van der Waals surface area contributed by atoms with Gasteiger partial charge in [-0.3, -0.25) is 0 Å². The number of aliphatic hydroxyl groups excluding tert-OH is 3. The Kier molecular flexibility index (Phi) is 25.0. The first-order chi connectivity index (χ1) is 47.1. The monoisotopic (exact) mass is 1420 g/mol. The fourth-order valence-corrected chi connectivity index (χ4v) is 28.7. The quantitative estimate of drug-likeness (QED) is 0.119. The lowest BCUT2D eigenvalue weighted by molar-refractivity contribution is -0.225. The molecule has 0 radical (unpaired) electrons. The molecule has 0 aromatic rings. The van der Waals surface area contributed by atoms with E-state index in [4.69, 9.17) is 14.2 Å². The molecule has 0 saturated heterocycles. The normalized spacial score (nSPS) is 42.0. The van der Waals surface area contributed by atoms with Crippen molar-refractivity contribution in [1.29, 1.82) is 0 Å². The molecule has 0 aromatic heterocycles. The number of hydrogen-bond acceptors (Lipinski definition) is 6. The molecule has 588 valence electrons. The van der Waals surface area contributed by atoms with Gasteiger partial charge in [-0.2, -0.15) is 0 Å². The molecule has 25 atom stereocenters. The van der Waals surface area contributed by atoms with Gasteiger partial charge in [-0.25, -0.2) is 0 Å². The Hall–Kier alpha value is -1.02. The van der Waals surface area contributed by atoms with E-state index < -0.39 is 11.7 Å². The second-order valence-electron chi connectivity index (χ2n) is 45.8. The van der Waals surface area contributed by atoms with E-state index in [-0.39, 0.29) is 50.7 Å². The molecule has 0 aliphatic heterocycles. The van der Waals surface area contributed by atoms with Crippen LogP contribution in [-0.4, -0.2) is 68.2 Å². The Morgan fingerprint density at radius 1 is 0.402 bits per heavy atom. The van der Waals surface area contributed by atoms with E-state index in [0.717, 1.165) is 116 Å². The Balaban J connectivity index is 0.000000165. The lowest BCUT2D eigenvalue weighted by Gasteiger charge is -2.59. The lowest BCUT2D eigenvalue weighted by atomic mass is 9.45. The standard InChI is InChI=1S/C33H58O.C32H56O2.C31H54O3/c1-22(2)11-16-29(34-30(4,5)6)31(7,8)28-15-14-26-25-13-12-24-21-23(3)17-19-32(24,9)27(25)18-20-33(26,28)10;1-21(2)10-15-28(33)30(6,7)27-14-13-25-24-12-11-22-20-23(34-29(3,4)5)16-18-31(22,8)26(24)17-19-32(25,27)9;1-20(2)9-14-27(33)31(8,34-28(3,4)5)26-13-12-24-23-11-10-21-19-22(32)15-17-29(21,6)25(23)16-18-30(24,26)7/h12,22-23,25-29H,11,13-21H2,1-10H3;11,21,23-28,33H,10,12-20H2,1-9H3;10,20,22-27,32-33H,9,11-19H2,1-8H3/t23?,25?,26?,27?,28?,29-,32-,33-;23?,24?,25?,26?,27?,28-,31-,32-;22?,23?,24?,25?,26?,27-,29-,30-,31-/m110/s1. The molecule has 12 rings (SSSR count). The van der Waals surface area contributed by atoms with Crippen LogP contribution in [-0.2, 0) is 14.2 Å². The topological polar surface area (TPSA) is 88.4 Å². The predicted molar refractivity (Wildman–Crippen MR) is 431 cm³/mol. The molecular weight excluding hydrogens is 1250 g/mol. The highest BCUT2D eigenvalue weighted by molar-refractivity contribution is 5.29. The molecule has 6 nitrogen and oxygen atoms in total. The number of rotatable bonds is 18. The van der Waals surface area contributed by atoms with Crippen molar-refractivity contribution in [2.75, 3.05) is 0 Å². The second-order valence-corrected chi connectivity index (χ2v) is 45.8. The summed E-state index contributed by atoms with van der Waals surface area (Å²) in [5, 5.41) is 33.3. The first-order valence-corrected chi connectivity index (χ1v) is 44.3. The fourth-order valence-electron chi connectivity index (χ4n) is 28.7. The van der Waals surface area contributed by atoms with Crippen LogP contribution in [0.3, 0.4) is 0 Å². The predicted octanol–water partition coefficient (Wildman–Crippen LogP) is 25.7. The Bertz CT molecular complexity index is 2890. The summed E-state index contributed by atoms with van der Waals surface area (Å²) in [5.74, 6) is 12.1. The van der Waals surface area contributed by atoms with Crippen LogP contribution in [0.25, 0.3) is 0 Å². The van der Waals surface area contributed by atoms with Crippen molar-refractivity contribution < 1.29 is 29.5 Å². The van der Waals surface area contributed by atoms with Gasteiger partial charge < -0.3 is 29.5 Å². The van der Waals surface area contributed by atoms with Gasteiger partial charge in [0, 0.05) is 0 Å². The third kappa shape index (κ3) is 16.5. The molecule has 9 fully saturated rings. The zero-order valence-electron chi connectivity index (χ0n) is 72.1. The fraction of sp³-hybridized carbons (Fsp3) is 0.938. The SMILES string of the molecule is CC(C)CC[C@@H](O)C(C)(C)C1CCC2C3CC=C4CC(OC(C)(C)C)CC[C@@]4(C)C3CC[C@]21C.CC(C)CC[C@@H](OC(C)(C)C)C(C)(C)C1CCC2C3CC=C4CC(C)CC[C@@]4(C)C3CC[C@]21C.CC(C)CC[C@H](O)[C@@](C)(OC(C)(C)C)C1CCC2C3CC=C4CC(O)CC[C@]4(C)C3CC[C@@]21C. The van der Waals surface area contributed by atoms with Gasteiger partial charge in [0.05, 0.1) is 52.9 Å². The average Bonchev–Trinajstić information content (AvgIpc) is 1.41. The largest absolute Gasteiger partial charge is 0.393 e. The number of aliphatic hydroxyl groups is 3. The van der Waals surface area contributed by atoms with Crippen molar-refractivity contribution in [3.8, 4) is 0 Å². The van der Waals surface area contributed by atoms with Crippen molar-refractivity contribution >= 4 is 0 Å². The summed E-state index contributed by atoms with van der Waals surface area (Å²) in [7, 11) is 0. The van der Waals surface area contributed by atoms with Gasteiger partial charge in [-0.15, -0.1) is 0 Å². The Morgan fingerprint density at radius 2 is 0.794 bits per heavy atom. The molecule has 6 heteroatoms. The van der Waals surface area contributed by atoms with Crippen LogP contribution in [0.5, 0.6) is 0 Å². The molecule has 102 heavy (non-hydrogen) atoms. The van der Waals surface area contributed by atoms with E-state index in [0.29, 0.717) is 63.5 Å². The third-order valence-corrected chi connectivity index (χ3v) is 33.9. The zero-order valence-corrected chi connectivity index (χ0v) is 72.1. The maximum atomic E-state index is 11.6. The van der Waals surface area contributed by atoms with Gasteiger partial charge in [0.1, 0.15) is 0 Å². The zero-order chi connectivity index (χ0) is 75.3. The Labute approximate surface area is 631 Å². The van der Waals surface area contributed by atoms with E-state index in [1.54, 1.807) is 11.1 Å². The van der Waals surface area contributed by atoms with Crippen LogP contribution >= 0.6 is 0 Å². The smallest absolute Gasteiger partial charge is 0.0952 e. The average molecular weight is 1420 g/mol. The highest BCUT2D eigenvalue weighted by atomic mass is 16.5. The van der Waals surface area contributed by atoms with Gasteiger partial charge in [-0.1, -0.05) is 153 Å². The first kappa shape index (κ1) is 83.5. The minimum atomic E-state index is -0.516. The molecule has 12 aliphatic rings. The van der Waals surface area contributed by atoms with Crippen LogP contribution in [0.15, 0.2) is 34.9 Å². The van der Waals surface area contributed by atoms with Crippen molar-refractivity contribution in [2.24, 2.45) is 138 Å². The summed E-state index contributed by atoms with van der Waals surface area (Å²) in [6.07, 6.45) is 45.3. The number of ether oxygens (including phenoxy) is 3. The molecule has 0 amide bonds. The van der Waals surface area contributed by atoms with Crippen LogP contribution < -0.4 is 0 Å². The summed E-state index contributed by atoms with van der Waals surface area (Å²) in [6.45, 7) is 64.0. The summed E-state index contributed by atoms with van der Waals surface area (Å²) < 4.78 is 20.2. The van der Waals surface area contributed by atoms with Gasteiger partial charge in [0.15, 0.2) is 0 Å². The molecule has 0 bridgehead atoms. The molecule has 3 N–H and O–H groups in total. The minimum absolute atomic E-state index is 0.00709. The second kappa shape index (κ2) is 30.6. The van der Waals surface area contributed by atoms with Crippen LogP contribution in [0.1, 0.15) is 380 Å². The van der Waals surface area contributed by atoms with E-state index in [1.807, 2.05) is 5.57 Å². The van der Waals surface area contributed by atoms with Crippen molar-refractivity contribution in [2.45, 2.75) is 432 Å². The van der Waals surface area contributed by atoms with E-state index in [2.05, 4.69) is 205 Å². The summed E-state index contributed by atoms with van der Waals surface area (Å²) in [6, 6.07) is 0. The van der Waals surface area contributed by atoms with E-state index in [9.17, 15) is 15.3 Å². The van der Waals surface area contributed by atoms with Crippen molar-refractivity contribution in [1.82, 2.24) is 0 Å². The maximum absolute atomic E-state index is 11.6. The summed E-state index contributed by atoms with van der Waals surface area (Å²) in [4.78, 5) is 0. The highest BCUT2D eigenvalue weighted by Crippen LogP contribution is 2.73. The number of hydrogen-bond donors (Lipinski definition) is 3. The Morgan fingerprint density at radius 3 is 1.24 bits per heavy atom. The first-order valence-electron chi connectivity index (χ1n) is 44.3. The van der Waals surface area contributed by atoms with Crippen LogP contribution in [0.4, 0.5) is 0 Å². The molecule has 0 aromatic carbocycles. The van der Waals surface area contributed by atoms with Gasteiger partial charge in [-0.05, 0) is 400 Å². The van der Waals surface area contributed by atoms with Gasteiger partial charge in [0.25, 0.3) is 0 Å². The van der Waals surface area contributed by atoms with Crippen molar-refractivity contribution in [3.05, 3.63) is 34.9 Å². The third-order valence-electron chi connectivity index (χ3n) is 33.9. The van der Waals surface area contributed by atoms with Crippen LogP contribution in [0, 0.1) is 138 Å². The van der Waals surface area contributed by atoms with E-state index in [1.165, 1.54) is 141 Å². The minimum Gasteiger partial charge on any atom is -0.393 e. The number of allylic oxidation sites excluding steroid dienone is 4.